The topological polar surface area (TPSA) is 81.9 Å². The van der Waals surface area contributed by atoms with E-state index in [1.54, 1.807) is 10.9 Å². The molecule has 0 aliphatic carbocycles. The molecule has 1 unspecified atom stereocenters. The van der Waals surface area contributed by atoms with Gasteiger partial charge in [0.05, 0.1) is 18.4 Å². The number of nitrogen functional groups attached to an aromatic ring is 2. The molecule has 1 aliphatic rings. The summed E-state index contributed by atoms with van der Waals surface area (Å²) in [4.78, 5) is 0. The number of nitrogens with zero attached hydrogens (tertiary/aromatic N) is 2. The van der Waals surface area contributed by atoms with Crippen molar-refractivity contribution in [1.29, 1.82) is 0 Å². The van der Waals surface area contributed by atoms with Crippen LogP contribution in [-0.2, 0) is 6.54 Å². The molecule has 1 atom stereocenters. The maximum Gasteiger partial charge on any atom is 0.145 e. The number of nitrogens with two attached hydrogens (primary N) is 2. The Morgan fingerprint density at radius 2 is 2.46 bits per heavy atom. The van der Waals surface area contributed by atoms with Gasteiger partial charge in [-0.1, -0.05) is 0 Å². The Bertz CT molecular complexity index is 287. The van der Waals surface area contributed by atoms with Crippen molar-refractivity contribution in [2.24, 2.45) is 0 Å². The molecule has 2 rings (SSSR count). The van der Waals surface area contributed by atoms with E-state index in [0.29, 0.717) is 17.5 Å². The summed E-state index contributed by atoms with van der Waals surface area (Å²) in [5.74, 6) is 0.578. The molecule has 13 heavy (non-hydrogen) atoms. The molecule has 0 amide bonds. The number of hydrogen-bond donors (Lipinski definition) is 3. The number of rotatable bonds is 2. The summed E-state index contributed by atoms with van der Waals surface area (Å²) < 4.78 is 1.76. The summed E-state index contributed by atoms with van der Waals surface area (Å²) in [6.07, 6.45) is 4.03. The van der Waals surface area contributed by atoms with E-state index in [9.17, 15) is 0 Å². The van der Waals surface area contributed by atoms with Gasteiger partial charge in [-0.2, -0.15) is 5.10 Å². The molecule has 0 spiro atoms. The summed E-state index contributed by atoms with van der Waals surface area (Å²) in [5.41, 5.74) is 11.9. The van der Waals surface area contributed by atoms with E-state index in [1.807, 2.05) is 0 Å². The van der Waals surface area contributed by atoms with Crippen LogP contribution in [0.1, 0.15) is 12.8 Å². The lowest BCUT2D eigenvalue weighted by Crippen LogP contribution is -2.27. The van der Waals surface area contributed by atoms with Gasteiger partial charge < -0.3 is 16.8 Å². The molecule has 1 aromatic rings. The Balaban J connectivity index is 2.04. The first-order valence-corrected chi connectivity index (χ1v) is 4.57. The Morgan fingerprint density at radius 1 is 1.62 bits per heavy atom. The number of nitrogens with one attached hydrogen (secondary N) is 1. The Kier molecular flexibility index (Phi) is 2.10. The quantitative estimate of drug-likeness (QED) is 0.590. The van der Waals surface area contributed by atoms with Gasteiger partial charge in [0, 0.05) is 6.04 Å². The minimum atomic E-state index is 0.501. The van der Waals surface area contributed by atoms with Crippen molar-refractivity contribution < 1.29 is 0 Å². The highest BCUT2D eigenvalue weighted by Crippen LogP contribution is 2.15. The van der Waals surface area contributed by atoms with E-state index in [2.05, 4.69) is 10.4 Å². The predicted molar refractivity (Wildman–Crippen MR) is 52.1 cm³/mol. The van der Waals surface area contributed by atoms with Crippen molar-refractivity contribution in [3.63, 3.8) is 0 Å². The lowest BCUT2D eigenvalue weighted by molar-refractivity contribution is 0.481. The fourth-order valence-electron chi connectivity index (χ4n) is 1.68. The Hall–Kier alpha value is -1.23. The zero-order valence-corrected chi connectivity index (χ0v) is 7.53. The summed E-state index contributed by atoms with van der Waals surface area (Å²) in [6.45, 7) is 1.92. The fourth-order valence-corrected chi connectivity index (χ4v) is 1.68. The van der Waals surface area contributed by atoms with Crippen molar-refractivity contribution in [1.82, 2.24) is 15.1 Å². The molecule has 1 aliphatic heterocycles. The third kappa shape index (κ3) is 1.60. The largest absolute Gasteiger partial charge is 0.394 e. The average molecular weight is 181 g/mol. The van der Waals surface area contributed by atoms with Crippen LogP contribution in [-0.4, -0.2) is 22.4 Å². The molecular weight excluding hydrogens is 166 g/mol. The van der Waals surface area contributed by atoms with Crippen molar-refractivity contribution in [2.45, 2.75) is 25.4 Å². The highest BCUT2D eigenvalue weighted by atomic mass is 15.3. The van der Waals surface area contributed by atoms with Crippen LogP contribution in [0.15, 0.2) is 6.20 Å². The van der Waals surface area contributed by atoms with Crippen LogP contribution in [0.5, 0.6) is 0 Å². The van der Waals surface area contributed by atoms with E-state index in [-0.39, 0.29) is 0 Å². The molecule has 1 fully saturated rings. The summed E-state index contributed by atoms with van der Waals surface area (Å²) in [7, 11) is 0. The van der Waals surface area contributed by atoms with Crippen LogP contribution in [0.4, 0.5) is 11.5 Å². The smallest absolute Gasteiger partial charge is 0.145 e. The lowest BCUT2D eigenvalue weighted by Gasteiger charge is -2.10. The van der Waals surface area contributed by atoms with Gasteiger partial charge in [-0.3, -0.25) is 0 Å². The predicted octanol–water partition coefficient (Wildman–Crippen LogP) is -0.201. The second-order valence-corrected chi connectivity index (χ2v) is 3.46. The summed E-state index contributed by atoms with van der Waals surface area (Å²) in [6, 6.07) is 0.501. The minimum Gasteiger partial charge on any atom is -0.394 e. The van der Waals surface area contributed by atoms with E-state index in [4.69, 9.17) is 11.5 Å². The second kappa shape index (κ2) is 3.26. The van der Waals surface area contributed by atoms with E-state index in [0.717, 1.165) is 13.1 Å². The molecular formula is C8H15N5. The zero-order chi connectivity index (χ0) is 9.26. The lowest BCUT2D eigenvalue weighted by atomic mass is 10.2. The van der Waals surface area contributed by atoms with Gasteiger partial charge in [-0.25, -0.2) is 4.68 Å². The number of aromatic nitrogens is 2. The van der Waals surface area contributed by atoms with Crippen LogP contribution in [0.25, 0.3) is 0 Å². The normalized spacial score (nSPS) is 22.3. The SMILES string of the molecule is Nc1cnn(CC2CCCN2)c1N. The Morgan fingerprint density at radius 3 is 3.00 bits per heavy atom. The third-order valence-corrected chi connectivity index (χ3v) is 2.47. The highest BCUT2D eigenvalue weighted by molar-refractivity contribution is 5.56. The van der Waals surface area contributed by atoms with Gasteiger partial charge in [-0.05, 0) is 19.4 Å². The fraction of sp³-hybridized carbons (Fsp3) is 0.625. The van der Waals surface area contributed by atoms with Crippen LogP contribution in [0, 0.1) is 0 Å². The molecule has 5 nitrogen and oxygen atoms in total. The molecule has 5 N–H and O–H groups in total. The van der Waals surface area contributed by atoms with Gasteiger partial charge in [0.15, 0.2) is 0 Å². The van der Waals surface area contributed by atoms with Crippen molar-refractivity contribution in [3.8, 4) is 0 Å². The van der Waals surface area contributed by atoms with Crippen LogP contribution < -0.4 is 16.8 Å². The van der Waals surface area contributed by atoms with Crippen LogP contribution in [0.2, 0.25) is 0 Å². The summed E-state index contributed by atoms with van der Waals surface area (Å²) >= 11 is 0. The zero-order valence-electron chi connectivity index (χ0n) is 7.53. The van der Waals surface area contributed by atoms with E-state index >= 15 is 0 Å². The molecule has 1 saturated heterocycles. The Labute approximate surface area is 77.1 Å². The van der Waals surface area contributed by atoms with Crippen LogP contribution >= 0.6 is 0 Å². The van der Waals surface area contributed by atoms with Crippen molar-refractivity contribution in [3.05, 3.63) is 6.20 Å². The molecule has 0 saturated carbocycles. The molecule has 1 aromatic heterocycles. The maximum absolute atomic E-state index is 5.73. The van der Waals surface area contributed by atoms with Crippen molar-refractivity contribution in [2.75, 3.05) is 18.0 Å². The van der Waals surface area contributed by atoms with Gasteiger partial charge in [0.1, 0.15) is 5.82 Å². The first kappa shape index (κ1) is 8.37. The van der Waals surface area contributed by atoms with E-state index < -0.39 is 0 Å². The number of hydrogen-bond acceptors (Lipinski definition) is 4. The molecule has 0 radical (unpaired) electrons. The maximum atomic E-state index is 5.73. The molecule has 0 bridgehead atoms. The number of anilines is 2. The minimum absolute atomic E-state index is 0.501. The average Bonchev–Trinajstić information content (AvgIpc) is 2.71. The highest BCUT2D eigenvalue weighted by Gasteiger charge is 2.16. The standard InChI is InChI=1S/C8H15N5/c9-7-4-12-13(8(7)10)5-6-2-1-3-11-6/h4,6,11H,1-3,5,9-10H2. The molecule has 2 heterocycles. The van der Waals surface area contributed by atoms with Gasteiger partial charge in [0.25, 0.3) is 0 Å². The summed E-state index contributed by atoms with van der Waals surface area (Å²) in [5, 5.41) is 7.49. The van der Waals surface area contributed by atoms with Crippen LogP contribution in [0.3, 0.4) is 0 Å². The molecule has 72 valence electrons. The van der Waals surface area contributed by atoms with E-state index in [1.165, 1.54) is 12.8 Å². The second-order valence-electron chi connectivity index (χ2n) is 3.46. The van der Waals surface area contributed by atoms with Gasteiger partial charge >= 0.3 is 0 Å². The van der Waals surface area contributed by atoms with Gasteiger partial charge in [0.2, 0.25) is 0 Å². The monoisotopic (exact) mass is 181 g/mol. The van der Waals surface area contributed by atoms with Crippen molar-refractivity contribution >= 4 is 11.5 Å². The first-order valence-electron chi connectivity index (χ1n) is 4.57. The third-order valence-electron chi connectivity index (χ3n) is 2.47. The molecule has 5 heteroatoms. The first-order chi connectivity index (χ1) is 6.27. The van der Waals surface area contributed by atoms with Gasteiger partial charge in [-0.15, -0.1) is 0 Å². The molecule has 0 aromatic carbocycles.